The zero-order valence-corrected chi connectivity index (χ0v) is 16.5. The van der Waals surface area contributed by atoms with E-state index in [-0.39, 0.29) is 17.4 Å². The minimum Gasteiger partial charge on any atom is -0.320 e. The van der Waals surface area contributed by atoms with Gasteiger partial charge in [-0.2, -0.15) is 4.80 Å². The highest BCUT2D eigenvalue weighted by atomic mass is 79.9. The smallest absolute Gasteiger partial charge is 0.286 e. The van der Waals surface area contributed by atoms with Crippen LogP contribution < -0.4 is 5.32 Å². The van der Waals surface area contributed by atoms with Gasteiger partial charge in [-0.05, 0) is 53.7 Å². The van der Waals surface area contributed by atoms with Crippen LogP contribution in [0, 0.1) is 5.82 Å². The third-order valence-electron chi connectivity index (χ3n) is 3.60. The van der Waals surface area contributed by atoms with Crippen molar-refractivity contribution in [2.75, 3.05) is 5.32 Å². The summed E-state index contributed by atoms with van der Waals surface area (Å²) in [5, 5.41) is 23.6. The van der Waals surface area contributed by atoms with E-state index in [9.17, 15) is 9.18 Å². The lowest BCUT2D eigenvalue weighted by atomic mass is 10.2. The first-order valence-corrected chi connectivity index (χ1v) is 9.61. The molecule has 0 aliphatic heterocycles. The van der Waals surface area contributed by atoms with Gasteiger partial charge in [-0.1, -0.05) is 27.3 Å². The number of tetrazole rings is 1. The number of hydrogen-bond donors (Lipinski definition) is 1. The van der Waals surface area contributed by atoms with Gasteiger partial charge in [0.25, 0.3) is 5.91 Å². The molecular formula is C17H11BrFN7OS. The molecule has 2 aromatic carbocycles. The second-order valence-electron chi connectivity index (χ2n) is 5.61. The molecule has 4 rings (SSSR count). The normalized spacial score (nSPS) is 10.8. The summed E-state index contributed by atoms with van der Waals surface area (Å²) in [7, 11) is 0. The van der Waals surface area contributed by atoms with Crippen LogP contribution in [0.15, 0.2) is 53.0 Å². The van der Waals surface area contributed by atoms with Gasteiger partial charge in [-0.3, -0.25) is 4.79 Å². The molecule has 2 heterocycles. The Morgan fingerprint density at radius 2 is 1.82 bits per heavy atom. The second-order valence-corrected chi connectivity index (χ2v) is 7.59. The van der Waals surface area contributed by atoms with E-state index in [1.165, 1.54) is 29.1 Å². The number of nitrogens with zero attached hydrogens (tertiary/aromatic N) is 6. The molecule has 0 fully saturated rings. The lowest BCUT2D eigenvalue weighted by molar-refractivity contribution is 0.102. The molecule has 4 aromatic rings. The Labute approximate surface area is 170 Å². The number of benzene rings is 2. The van der Waals surface area contributed by atoms with E-state index < -0.39 is 5.91 Å². The summed E-state index contributed by atoms with van der Waals surface area (Å²) in [5.74, 6) is -0.303. The van der Waals surface area contributed by atoms with Crippen LogP contribution >= 0.6 is 27.3 Å². The highest BCUT2D eigenvalue weighted by Gasteiger charge is 2.15. The Morgan fingerprint density at radius 3 is 2.57 bits per heavy atom. The Balaban J connectivity index is 1.42. The molecule has 0 unspecified atom stereocenters. The average Bonchev–Trinajstić information content (AvgIpc) is 3.34. The molecule has 8 nitrogen and oxygen atoms in total. The number of carbonyl (C=O) groups excluding carboxylic acids is 1. The SMILES string of the molecule is O=C(Nc1ccc(F)cc1)c1nnc(Cn2nnc(-c3ccc(Br)cc3)n2)s1. The monoisotopic (exact) mass is 459 g/mol. The van der Waals surface area contributed by atoms with Gasteiger partial charge < -0.3 is 5.32 Å². The minimum absolute atomic E-state index is 0.188. The molecule has 1 amide bonds. The van der Waals surface area contributed by atoms with Crippen LogP contribution in [-0.4, -0.2) is 36.3 Å². The van der Waals surface area contributed by atoms with E-state index >= 15 is 0 Å². The number of anilines is 1. The van der Waals surface area contributed by atoms with Crippen molar-refractivity contribution in [3.8, 4) is 11.4 Å². The molecule has 2 aromatic heterocycles. The molecule has 140 valence electrons. The Morgan fingerprint density at radius 1 is 1.07 bits per heavy atom. The molecule has 0 saturated carbocycles. The summed E-state index contributed by atoms with van der Waals surface area (Å²) in [6.07, 6.45) is 0. The van der Waals surface area contributed by atoms with Crippen molar-refractivity contribution in [2.45, 2.75) is 6.54 Å². The van der Waals surface area contributed by atoms with E-state index in [0.717, 1.165) is 21.4 Å². The van der Waals surface area contributed by atoms with Crippen molar-refractivity contribution in [3.05, 3.63) is 68.8 Å². The van der Waals surface area contributed by atoms with Gasteiger partial charge in [0.05, 0.1) is 0 Å². The number of carbonyl (C=O) groups is 1. The van der Waals surface area contributed by atoms with Gasteiger partial charge in [0.2, 0.25) is 10.8 Å². The van der Waals surface area contributed by atoms with Gasteiger partial charge in [0, 0.05) is 15.7 Å². The predicted octanol–water partition coefficient (Wildman–Crippen LogP) is 3.39. The molecule has 28 heavy (non-hydrogen) atoms. The fourth-order valence-corrected chi connectivity index (χ4v) is 3.25. The van der Waals surface area contributed by atoms with Gasteiger partial charge >= 0.3 is 0 Å². The molecular weight excluding hydrogens is 449 g/mol. The Hall–Kier alpha value is -3.05. The second kappa shape index (κ2) is 7.90. The summed E-state index contributed by atoms with van der Waals surface area (Å²) >= 11 is 4.50. The highest BCUT2D eigenvalue weighted by molar-refractivity contribution is 9.10. The average molecular weight is 460 g/mol. The summed E-state index contributed by atoms with van der Waals surface area (Å²) in [6.45, 7) is 0.241. The zero-order valence-electron chi connectivity index (χ0n) is 14.1. The lowest BCUT2D eigenvalue weighted by Gasteiger charge is -2.01. The maximum atomic E-state index is 12.9. The van der Waals surface area contributed by atoms with Crippen molar-refractivity contribution in [1.29, 1.82) is 0 Å². The quantitative estimate of drug-likeness (QED) is 0.490. The van der Waals surface area contributed by atoms with Crippen molar-refractivity contribution in [3.63, 3.8) is 0 Å². The van der Waals surface area contributed by atoms with Gasteiger partial charge in [-0.25, -0.2) is 4.39 Å². The number of amides is 1. The van der Waals surface area contributed by atoms with Gasteiger partial charge in [-0.15, -0.1) is 20.4 Å². The molecule has 0 bridgehead atoms. The fourth-order valence-electron chi connectivity index (χ4n) is 2.27. The van der Waals surface area contributed by atoms with Crippen LogP contribution in [-0.2, 0) is 6.54 Å². The van der Waals surface area contributed by atoms with Crippen LogP contribution in [0.5, 0.6) is 0 Å². The number of hydrogen-bond acceptors (Lipinski definition) is 7. The summed E-state index contributed by atoms with van der Waals surface area (Å²) in [4.78, 5) is 13.6. The highest BCUT2D eigenvalue weighted by Crippen LogP contribution is 2.18. The molecule has 11 heteroatoms. The summed E-state index contributed by atoms with van der Waals surface area (Å²) < 4.78 is 13.9. The van der Waals surface area contributed by atoms with E-state index in [1.807, 2.05) is 24.3 Å². The molecule has 0 aliphatic rings. The molecule has 1 N–H and O–H groups in total. The van der Waals surface area contributed by atoms with Crippen molar-refractivity contribution in [2.24, 2.45) is 0 Å². The maximum Gasteiger partial charge on any atom is 0.286 e. The number of rotatable bonds is 5. The molecule has 0 radical (unpaired) electrons. The van der Waals surface area contributed by atoms with Crippen LogP contribution in [0.4, 0.5) is 10.1 Å². The fraction of sp³-hybridized carbons (Fsp3) is 0.0588. The van der Waals surface area contributed by atoms with Crippen molar-refractivity contribution >= 4 is 38.9 Å². The van der Waals surface area contributed by atoms with Crippen molar-refractivity contribution in [1.82, 2.24) is 30.4 Å². The van der Waals surface area contributed by atoms with E-state index in [4.69, 9.17) is 0 Å². The number of aromatic nitrogens is 6. The number of halogens is 2. The summed E-state index contributed by atoms with van der Waals surface area (Å²) in [5.41, 5.74) is 1.31. The largest absolute Gasteiger partial charge is 0.320 e. The van der Waals surface area contributed by atoms with E-state index in [0.29, 0.717) is 16.5 Å². The molecule has 0 atom stereocenters. The molecule has 0 saturated heterocycles. The van der Waals surface area contributed by atoms with Gasteiger partial charge in [0.1, 0.15) is 17.4 Å². The lowest BCUT2D eigenvalue weighted by Crippen LogP contribution is -2.11. The van der Waals surface area contributed by atoms with Crippen LogP contribution in [0.2, 0.25) is 0 Å². The first-order valence-electron chi connectivity index (χ1n) is 8.00. The van der Waals surface area contributed by atoms with Crippen LogP contribution in [0.3, 0.4) is 0 Å². The van der Waals surface area contributed by atoms with Crippen molar-refractivity contribution < 1.29 is 9.18 Å². The van der Waals surface area contributed by atoms with Crippen LogP contribution in [0.1, 0.15) is 14.8 Å². The molecule has 0 spiro atoms. The topological polar surface area (TPSA) is 98.5 Å². The zero-order chi connectivity index (χ0) is 19.5. The first kappa shape index (κ1) is 18.3. The predicted molar refractivity (Wildman–Crippen MR) is 104 cm³/mol. The Bertz CT molecular complexity index is 1110. The standard InChI is InChI=1S/C17H11BrFN7OS/c18-11-3-1-10(2-4-11)15-22-25-26(24-15)9-14-21-23-17(28-14)16(27)20-13-7-5-12(19)6-8-13/h1-8H,9H2,(H,20,27). The van der Waals surface area contributed by atoms with Crippen LogP contribution in [0.25, 0.3) is 11.4 Å². The Kier molecular flexibility index (Phi) is 5.17. The third-order valence-corrected chi connectivity index (χ3v) is 5.03. The van der Waals surface area contributed by atoms with E-state index in [1.54, 1.807) is 0 Å². The minimum atomic E-state index is -0.419. The first-order chi connectivity index (χ1) is 13.6. The third kappa shape index (κ3) is 4.26. The summed E-state index contributed by atoms with van der Waals surface area (Å²) in [6, 6.07) is 13.0. The number of nitrogens with one attached hydrogen (secondary N) is 1. The maximum absolute atomic E-state index is 12.9. The van der Waals surface area contributed by atoms with E-state index in [2.05, 4.69) is 46.9 Å². The molecule has 0 aliphatic carbocycles. The van der Waals surface area contributed by atoms with Gasteiger partial charge in [0.15, 0.2) is 0 Å².